The molecule has 268 valence electrons. The van der Waals surface area contributed by atoms with Crippen molar-refractivity contribution in [3.05, 3.63) is 108 Å². The highest BCUT2D eigenvalue weighted by atomic mass is 16.6. The van der Waals surface area contributed by atoms with Crippen LogP contribution in [0.2, 0.25) is 0 Å². The van der Waals surface area contributed by atoms with Crippen molar-refractivity contribution in [2.24, 2.45) is 5.92 Å². The zero-order chi connectivity index (χ0) is 37.0. The Morgan fingerprint density at radius 2 is 1.50 bits per heavy atom. The topological polar surface area (TPSA) is 154 Å². The van der Waals surface area contributed by atoms with Crippen LogP contribution in [-0.4, -0.2) is 55.2 Å². The summed E-state index contributed by atoms with van der Waals surface area (Å²) in [5.74, 6) is 0.370. The fraction of sp³-hybridized carbons (Fsp3) is 0.256. The molecule has 13 nitrogen and oxygen atoms in total. The van der Waals surface area contributed by atoms with Gasteiger partial charge in [0.15, 0.2) is 18.2 Å². The SMILES string of the molecule is COc1ccc(-c2c(Nc3ccn(COC(=O)[C@@H](NC(=O)OC(C)(C)C)C(C)C)n3)nc3c(-c4ccccc4)c(-c4ccccc4)[nH]n3c2=O)cc1. The van der Waals surface area contributed by atoms with Gasteiger partial charge in [0.1, 0.15) is 23.2 Å². The van der Waals surface area contributed by atoms with Gasteiger partial charge in [-0.2, -0.15) is 9.61 Å². The molecule has 0 spiro atoms. The molecular formula is C39H41N7O6. The van der Waals surface area contributed by atoms with Gasteiger partial charge < -0.3 is 24.8 Å². The second-order valence-electron chi connectivity index (χ2n) is 13.4. The van der Waals surface area contributed by atoms with Gasteiger partial charge in [-0.3, -0.25) is 9.89 Å². The second-order valence-corrected chi connectivity index (χ2v) is 13.4. The fourth-order valence-corrected chi connectivity index (χ4v) is 5.65. The van der Waals surface area contributed by atoms with Crippen molar-refractivity contribution in [2.75, 3.05) is 12.4 Å². The van der Waals surface area contributed by atoms with E-state index in [1.807, 2.05) is 60.7 Å². The minimum absolute atomic E-state index is 0.226. The Hall–Kier alpha value is -6.37. The van der Waals surface area contributed by atoms with Crippen LogP contribution in [0.15, 0.2) is 102 Å². The Kier molecular flexibility index (Phi) is 10.1. The molecule has 0 radical (unpaired) electrons. The zero-order valence-corrected chi connectivity index (χ0v) is 29.8. The highest BCUT2D eigenvalue weighted by molar-refractivity contribution is 5.92. The number of fused-ring (bicyclic) bond motifs is 1. The summed E-state index contributed by atoms with van der Waals surface area (Å²) in [6.45, 7) is 8.59. The predicted octanol–water partition coefficient (Wildman–Crippen LogP) is 7.02. The van der Waals surface area contributed by atoms with Crippen LogP contribution in [0.4, 0.5) is 16.4 Å². The molecular weight excluding hydrogens is 662 g/mol. The standard InChI is InChI=1S/C39H41N7O6/c1-24(2)32(41-38(49)52-39(3,4)5)37(48)51-23-45-22-21-29(43-45)40-34-31(26-17-19-28(50-6)20-18-26)36(47)46-35(42-34)30(25-13-9-7-10-14-25)33(44-46)27-15-11-8-12-16-27/h7-22,24,32,44H,23H2,1-6H3,(H,40,43)(H,41,49)/t32-/m0/s1. The molecule has 1 atom stereocenters. The molecule has 0 saturated heterocycles. The smallest absolute Gasteiger partial charge is 0.408 e. The van der Waals surface area contributed by atoms with Gasteiger partial charge in [-0.1, -0.05) is 86.6 Å². The van der Waals surface area contributed by atoms with E-state index in [4.69, 9.17) is 19.2 Å². The van der Waals surface area contributed by atoms with E-state index in [-0.39, 0.29) is 24.0 Å². The number of amides is 1. The molecule has 0 aliphatic heterocycles. The van der Waals surface area contributed by atoms with Gasteiger partial charge in [-0.05, 0) is 49.9 Å². The lowest BCUT2D eigenvalue weighted by Crippen LogP contribution is -2.47. The summed E-state index contributed by atoms with van der Waals surface area (Å²) < 4.78 is 19.1. The molecule has 0 saturated carbocycles. The first-order valence-corrected chi connectivity index (χ1v) is 16.8. The largest absolute Gasteiger partial charge is 0.497 e. The van der Waals surface area contributed by atoms with Gasteiger partial charge in [0.05, 0.1) is 23.9 Å². The van der Waals surface area contributed by atoms with Gasteiger partial charge in [-0.25, -0.2) is 19.3 Å². The van der Waals surface area contributed by atoms with Crippen LogP contribution in [0, 0.1) is 5.92 Å². The zero-order valence-electron chi connectivity index (χ0n) is 29.8. The second kappa shape index (κ2) is 14.9. The summed E-state index contributed by atoms with van der Waals surface area (Å²) in [5.41, 5.74) is 3.53. The highest BCUT2D eigenvalue weighted by Crippen LogP contribution is 2.36. The first kappa shape index (κ1) is 35.5. The highest BCUT2D eigenvalue weighted by Gasteiger charge is 2.29. The maximum Gasteiger partial charge on any atom is 0.408 e. The summed E-state index contributed by atoms with van der Waals surface area (Å²) in [6.07, 6.45) is 0.911. The van der Waals surface area contributed by atoms with E-state index >= 15 is 0 Å². The monoisotopic (exact) mass is 703 g/mol. The van der Waals surface area contributed by atoms with Crippen LogP contribution in [0.25, 0.3) is 39.2 Å². The van der Waals surface area contributed by atoms with Crippen molar-refractivity contribution in [2.45, 2.75) is 53.0 Å². The Morgan fingerprint density at radius 1 is 0.865 bits per heavy atom. The molecule has 0 fully saturated rings. The molecule has 0 aliphatic rings. The van der Waals surface area contributed by atoms with Gasteiger partial charge >= 0.3 is 12.1 Å². The molecule has 6 aromatic rings. The third-order valence-corrected chi connectivity index (χ3v) is 8.10. The van der Waals surface area contributed by atoms with Crippen molar-refractivity contribution in [3.63, 3.8) is 0 Å². The minimum atomic E-state index is -0.931. The number of aromatic nitrogens is 5. The van der Waals surface area contributed by atoms with Crippen molar-refractivity contribution in [1.29, 1.82) is 0 Å². The van der Waals surface area contributed by atoms with Crippen LogP contribution in [0.3, 0.4) is 0 Å². The molecule has 1 amide bonds. The van der Waals surface area contributed by atoms with E-state index in [1.165, 1.54) is 9.20 Å². The molecule has 0 unspecified atom stereocenters. The normalized spacial score (nSPS) is 12.1. The van der Waals surface area contributed by atoms with E-state index < -0.39 is 23.7 Å². The number of aromatic amines is 1. The van der Waals surface area contributed by atoms with Gasteiger partial charge in [0.25, 0.3) is 5.56 Å². The third kappa shape index (κ3) is 7.83. The molecule has 6 rings (SSSR count). The molecule has 3 aromatic heterocycles. The lowest BCUT2D eigenvalue weighted by atomic mass is 10.0. The molecule has 3 N–H and O–H groups in total. The average molecular weight is 704 g/mol. The maximum absolute atomic E-state index is 14.5. The summed E-state index contributed by atoms with van der Waals surface area (Å²) in [7, 11) is 1.58. The number of nitrogens with one attached hydrogen (secondary N) is 3. The van der Waals surface area contributed by atoms with Crippen LogP contribution < -0.4 is 20.9 Å². The number of esters is 1. The van der Waals surface area contributed by atoms with Gasteiger partial charge in [0, 0.05) is 17.8 Å². The van der Waals surface area contributed by atoms with Crippen molar-refractivity contribution >= 4 is 29.3 Å². The Balaban J connectivity index is 1.36. The van der Waals surface area contributed by atoms with Gasteiger partial charge in [0.2, 0.25) is 0 Å². The average Bonchev–Trinajstić information content (AvgIpc) is 3.74. The van der Waals surface area contributed by atoms with E-state index in [9.17, 15) is 14.4 Å². The number of anilines is 2. The lowest BCUT2D eigenvalue weighted by molar-refractivity contribution is -0.151. The van der Waals surface area contributed by atoms with Gasteiger partial charge in [-0.15, -0.1) is 0 Å². The van der Waals surface area contributed by atoms with Crippen LogP contribution in [0.1, 0.15) is 34.6 Å². The van der Waals surface area contributed by atoms with E-state index in [0.29, 0.717) is 28.3 Å². The lowest BCUT2D eigenvalue weighted by Gasteiger charge is -2.24. The molecule has 0 aliphatic carbocycles. The van der Waals surface area contributed by atoms with Crippen LogP contribution in [0.5, 0.6) is 5.75 Å². The number of hydrogen-bond donors (Lipinski definition) is 3. The fourth-order valence-electron chi connectivity index (χ4n) is 5.65. The quantitative estimate of drug-likeness (QED) is 0.121. The number of carbonyl (C=O) groups excluding carboxylic acids is 2. The first-order chi connectivity index (χ1) is 24.9. The maximum atomic E-state index is 14.5. The number of methoxy groups -OCH3 is 1. The predicted molar refractivity (Wildman–Crippen MR) is 198 cm³/mol. The summed E-state index contributed by atoms with van der Waals surface area (Å²) >= 11 is 0. The van der Waals surface area contributed by atoms with Crippen molar-refractivity contribution < 1.29 is 23.8 Å². The molecule has 3 aromatic carbocycles. The third-order valence-electron chi connectivity index (χ3n) is 8.10. The number of hydrogen-bond acceptors (Lipinski definition) is 9. The number of benzene rings is 3. The number of rotatable bonds is 11. The molecule has 3 heterocycles. The number of nitrogens with zero attached hydrogens (tertiary/aromatic N) is 4. The number of carbonyl (C=O) groups is 2. The summed E-state index contributed by atoms with van der Waals surface area (Å²) in [4.78, 5) is 44.9. The molecule has 52 heavy (non-hydrogen) atoms. The molecule has 0 bridgehead atoms. The summed E-state index contributed by atoms with van der Waals surface area (Å²) in [6, 6.07) is 27.4. The summed E-state index contributed by atoms with van der Waals surface area (Å²) in [5, 5.41) is 13.7. The van der Waals surface area contributed by atoms with Crippen LogP contribution in [-0.2, 0) is 21.0 Å². The van der Waals surface area contributed by atoms with Crippen molar-refractivity contribution in [1.82, 2.24) is 29.7 Å². The van der Waals surface area contributed by atoms with E-state index in [2.05, 4.69) is 20.8 Å². The van der Waals surface area contributed by atoms with Crippen molar-refractivity contribution in [3.8, 4) is 39.3 Å². The molecule has 13 heteroatoms. The first-order valence-electron chi connectivity index (χ1n) is 16.8. The Labute approximate surface area is 300 Å². The Bertz CT molecular complexity index is 2240. The number of alkyl carbamates (subject to hydrolysis) is 1. The van der Waals surface area contributed by atoms with Crippen LogP contribution >= 0.6 is 0 Å². The number of ether oxygens (including phenoxy) is 3. The van der Waals surface area contributed by atoms with E-state index in [0.717, 1.165) is 22.4 Å². The minimum Gasteiger partial charge on any atom is -0.497 e. The van der Waals surface area contributed by atoms with E-state index in [1.54, 1.807) is 78.3 Å². The Morgan fingerprint density at radius 3 is 2.12 bits per heavy atom. The number of H-pyrrole nitrogens is 1.